The van der Waals surface area contributed by atoms with Crippen LogP contribution in [-0.4, -0.2) is 59.6 Å². The molecule has 0 aliphatic carbocycles. The Bertz CT molecular complexity index is 911. The number of amides is 1. The SMILES string of the molecule is C=C/C=C\C(=C/C)[C@@H](CN1CC[C@H](O)C1)N(C)C(=O)C(C(/C=C\C)=C/C=C)c1ccccc1. The van der Waals surface area contributed by atoms with E-state index in [0.29, 0.717) is 13.1 Å². The summed E-state index contributed by atoms with van der Waals surface area (Å²) >= 11 is 0. The van der Waals surface area contributed by atoms with Gasteiger partial charge in [0.05, 0.1) is 18.1 Å². The van der Waals surface area contributed by atoms with Crippen LogP contribution in [0, 0.1) is 0 Å². The van der Waals surface area contributed by atoms with E-state index in [2.05, 4.69) is 18.1 Å². The van der Waals surface area contributed by atoms with Gasteiger partial charge in [0.25, 0.3) is 0 Å². The predicted molar refractivity (Wildman–Crippen MR) is 139 cm³/mol. The highest BCUT2D eigenvalue weighted by atomic mass is 16.3. The number of rotatable bonds is 11. The third-order valence-electron chi connectivity index (χ3n) is 6.02. The van der Waals surface area contributed by atoms with Crippen molar-refractivity contribution in [3.05, 3.63) is 109 Å². The minimum atomic E-state index is -0.446. The molecule has 1 fully saturated rings. The first-order valence-corrected chi connectivity index (χ1v) is 11.6. The molecule has 4 heteroatoms. The maximum absolute atomic E-state index is 14.1. The number of aliphatic hydroxyl groups is 1. The number of carbonyl (C=O) groups is 1. The average Bonchev–Trinajstić information content (AvgIpc) is 3.24. The van der Waals surface area contributed by atoms with Crippen LogP contribution < -0.4 is 0 Å². The number of hydrogen-bond donors (Lipinski definition) is 1. The van der Waals surface area contributed by atoms with E-state index in [4.69, 9.17) is 0 Å². The minimum Gasteiger partial charge on any atom is -0.392 e. The van der Waals surface area contributed by atoms with Crippen LogP contribution in [-0.2, 0) is 4.79 Å². The van der Waals surface area contributed by atoms with Gasteiger partial charge in [0.15, 0.2) is 0 Å². The van der Waals surface area contributed by atoms with Crippen LogP contribution in [0.4, 0.5) is 0 Å². The van der Waals surface area contributed by atoms with E-state index in [9.17, 15) is 9.90 Å². The zero-order valence-corrected chi connectivity index (χ0v) is 20.2. The summed E-state index contributed by atoms with van der Waals surface area (Å²) in [6, 6.07) is 9.72. The summed E-state index contributed by atoms with van der Waals surface area (Å²) in [7, 11) is 1.88. The lowest BCUT2D eigenvalue weighted by atomic mass is 9.88. The van der Waals surface area contributed by atoms with E-state index in [1.54, 1.807) is 12.2 Å². The summed E-state index contributed by atoms with van der Waals surface area (Å²) in [5, 5.41) is 10.0. The second kappa shape index (κ2) is 13.6. The van der Waals surface area contributed by atoms with Gasteiger partial charge >= 0.3 is 0 Å². The summed E-state index contributed by atoms with van der Waals surface area (Å²) in [5.74, 6) is -0.429. The molecule has 2 rings (SSSR count). The van der Waals surface area contributed by atoms with Crippen molar-refractivity contribution in [2.24, 2.45) is 0 Å². The van der Waals surface area contributed by atoms with Gasteiger partial charge in [-0.2, -0.15) is 0 Å². The fourth-order valence-electron chi connectivity index (χ4n) is 4.31. The van der Waals surface area contributed by atoms with Crippen molar-refractivity contribution in [3.8, 4) is 0 Å². The topological polar surface area (TPSA) is 43.8 Å². The molecule has 1 N–H and O–H groups in total. The smallest absolute Gasteiger partial charge is 0.234 e. The Morgan fingerprint density at radius 2 is 1.91 bits per heavy atom. The van der Waals surface area contributed by atoms with Gasteiger partial charge in [0, 0.05) is 26.7 Å². The highest BCUT2D eigenvalue weighted by Crippen LogP contribution is 2.30. The number of nitrogens with zero attached hydrogens (tertiary/aromatic N) is 2. The van der Waals surface area contributed by atoms with Gasteiger partial charge in [0.1, 0.15) is 0 Å². The molecule has 0 saturated carbocycles. The molecule has 176 valence electrons. The molecule has 1 heterocycles. The van der Waals surface area contributed by atoms with Crippen LogP contribution in [0.1, 0.15) is 31.7 Å². The van der Waals surface area contributed by atoms with Gasteiger partial charge in [-0.1, -0.05) is 92.1 Å². The van der Waals surface area contributed by atoms with E-state index in [-0.39, 0.29) is 18.1 Å². The molecule has 1 aromatic carbocycles. The number of hydrogen-bond acceptors (Lipinski definition) is 3. The van der Waals surface area contributed by atoms with Crippen LogP contribution in [0.2, 0.25) is 0 Å². The maximum Gasteiger partial charge on any atom is 0.234 e. The normalized spacial score (nSPS) is 19.7. The number of β-amino-alcohol motifs (C(OH)–C–C–N with tert-alkyl or cyclic N) is 1. The molecule has 0 aromatic heterocycles. The lowest BCUT2D eigenvalue weighted by molar-refractivity contribution is -0.132. The molecular formula is C29H38N2O2. The fourth-order valence-corrected chi connectivity index (χ4v) is 4.31. The molecule has 1 aliphatic rings. The number of aliphatic hydroxyl groups excluding tert-OH is 1. The largest absolute Gasteiger partial charge is 0.392 e. The molecule has 0 radical (unpaired) electrons. The van der Waals surface area contributed by atoms with Crippen LogP contribution in [0.15, 0.2) is 103 Å². The zero-order chi connectivity index (χ0) is 24.2. The summed E-state index contributed by atoms with van der Waals surface area (Å²) in [5.41, 5.74) is 2.88. The average molecular weight is 447 g/mol. The molecule has 1 amide bonds. The van der Waals surface area contributed by atoms with Gasteiger partial charge in [-0.15, -0.1) is 0 Å². The lowest BCUT2D eigenvalue weighted by Gasteiger charge is -2.35. The Labute approximate surface area is 199 Å². The molecule has 4 nitrogen and oxygen atoms in total. The standard InChI is InChI=1S/C29H38N2O2/c1-6-10-16-23(9-4)27(22-31-20-19-26(32)21-31)30(5)29(33)28(24(14-7-2)15-8-3)25-17-12-11-13-18-25/h6-18,26-28,32H,1-2,19-22H2,3-5H3/b15-8-,16-10-,23-9+,24-14+/t26-,27+,28?/m0/s1. The second-order valence-electron chi connectivity index (χ2n) is 8.30. The highest BCUT2D eigenvalue weighted by Gasteiger charge is 2.33. The first kappa shape index (κ1) is 26.3. The Morgan fingerprint density at radius 1 is 1.18 bits per heavy atom. The molecule has 1 aliphatic heterocycles. The van der Waals surface area contributed by atoms with Crippen LogP contribution in [0.3, 0.4) is 0 Å². The number of likely N-dealkylation sites (tertiary alicyclic amines) is 1. The lowest BCUT2D eigenvalue weighted by Crippen LogP contribution is -2.47. The third-order valence-corrected chi connectivity index (χ3v) is 6.02. The molecule has 1 unspecified atom stereocenters. The molecule has 0 bridgehead atoms. The van der Waals surface area contributed by atoms with Gasteiger partial charge < -0.3 is 10.0 Å². The molecule has 1 aromatic rings. The summed E-state index contributed by atoms with van der Waals surface area (Å²) in [6.07, 6.45) is 15.7. The monoisotopic (exact) mass is 446 g/mol. The quantitative estimate of drug-likeness (QED) is 0.484. The summed E-state index contributed by atoms with van der Waals surface area (Å²) in [4.78, 5) is 18.2. The number of benzene rings is 1. The first-order valence-electron chi connectivity index (χ1n) is 11.6. The Morgan fingerprint density at radius 3 is 2.45 bits per heavy atom. The van der Waals surface area contributed by atoms with Crippen LogP contribution in [0.25, 0.3) is 0 Å². The molecular weight excluding hydrogens is 408 g/mol. The first-order chi connectivity index (χ1) is 16.0. The highest BCUT2D eigenvalue weighted by molar-refractivity contribution is 5.88. The number of allylic oxidation sites excluding steroid dienone is 7. The van der Waals surface area contributed by atoms with Gasteiger partial charge in [-0.05, 0) is 37.0 Å². The van der Waals surface area contributed by atoms with E-state index in [0.717, 1.165) is 29.7 Å². The Hall–Kier alpha value is -2.95. The molecule has 3 atom stereocenters. The van der Waals surface area contributed by atoms with Gasteiger partial charge in [-0.25, -0.2) is 0 Å². The number of likely N-dealkylation sites (N-methyl/N-ethyl adjacent to an activating group) is 1. The van der Waals surface area contributed by atoms with Gasteiger partial charge in [0.2, 0.25) is 5.91 Å². The van der Waals surface area contributed by atoms with Crippen molar-refractivity contribution >= 4 is 5.91 Å². The summed E-state index contributed by atoms with van der Waals surface area (Å²) in [6.45, 7) is 13.7. The molecule has 0 spiro atoms. The fraction of sp³-hybridized carbons (Fsp3) is 0.345. The van der Waals surface area contributed by atoms with E-state index in [1.807, 2.05) is 92.6 Å². The van der Waals surface area contributed by atoms with Crippen LogP contribution in [0.5, 0.6) is 0 Å². The minimum absolute atomic E-state index is 0.0171. The van der Waals surface area contributed by atoms with Crippen molar-refractivity contribution in [2.75, 3.05) is 26.7 Å². The molecule has 1 saturated heterocycles. The number of carbonyl (C=O) groups excluding carboxylic acids is 1. The molecule has 33 heavy (non-hydrogen) atoms. The van der Waals surface area contributed by atoms with Crippen molar-refractivity contribution in [2.45, 2.75) is 38.3 Å². The third kappa shape index (κ3) is 7.28. The van der Waals surface area contributed by atoms with Crippen molar-refractivity contribution in [1.29, 1.82) is 0 Å². The predicted octanol–water partition coefficient (Wildman–Crippen LogP) is 5.04. The van der Waals surface area contributed by atoms with Crippen molar-refractivity contribution in [1.82, 2.24) is 9.80 Å². The van der Waals surface area contributed by atoms with Crippen molar-refractivity contribution < 1.29 is 9.90 Å². The second-order valence-corrected chi connectivity index (χ2v) is 8.30. The van der Waals surface area contributed by atoms with E-state index >= 15 is 0 Å². The Balaban J connectivity index is 2.49. The van der Waals surface area contributed by atoms with Gasteiger partial charge in [-0.3, -0.25) is 9.69 Å². The van der Waals surface area contributed by atoms with E-state index < -0.39 is 5.92 Å². The van der Waals surface area contributed by atoms with E-state index in [1.165, 1.54) is 0 Å². The Kier molecular flexibility index (Phi) is 10.8. The maximum atomic E-state index is 14.1. The van der Waals surface area contributed by atoms with Crippen LogP contribution >= 0.6 is 0 Å². The zero-order valence-electron chi connectivity index (χ0n) is 20.2. The summed E-state index contributed by atoms with van der Waals surface area (Å²) < 4.78 is 0. The van der Waals surface area contributed by atoms with Crippen molar-refractivity contribution in [3.63, 3.8) is 0 Å².